The minimum atomic E-state index is -0.848. The van der Waals surface area contributed by atoms with E-state index in [-0.39, 0.29) is 6.54 Å². The van der Waals surface area contributed by atoms with Gasteiger partial charge in [-0.3, -0.25) is 4.79 Å². The van der Waals surface area contributed by atoms with E-state index in [4.69, 9.17) is 5.11 Å². The van der Waals surface area contributed by atoms with Gasteiger partial charge in [-0.2, -0.15) is 0 Å². The second kappa shape index (κ2) is 10.2. The zero-order chi connectivity index (χ0) is 17.7. The lowest BCUT2D eigenvalue weighted by atomic mass is 10.1. The van der Waals surface area contributed by atoms with E-state index in [0.717, 1.165) is 32.1 Å². The van der Waals surface area contributed by atoms with Crippen LogP contribution < -0.4 is 4.31 Å². The lowest BCUT2D eigenvalue weighted by molar-refractivity contribution is -0.137. The van der Waals surface area contributed by atoms with E-state index in [1.807, 2.05) is 10.4 Å². The molecular weight excluding hydrogens is 662 g/mol. The van der Waals surface area contributed by atoms with Crippen LogP contribution in [0.25, 0.3) is 10.1 Å². The highest BCUT2D eigenvalue weighted by molar-refractivity contribution is 14.2. The summed E-state index contributed by atoms with van der Waals surface area (Å²) in [6.07, 6.45) is 0.875. The van der Waals surface area contributed by atoms with Crippen LogP contribution in [0.5, 0.6) is 0 Å². The van der Waals surface area contributed by atoms with E-state index < -0.39 is 5.97 Å². The summed E-state index contributed by atoms with van der Waals surface area (Å²) < 4.78 is 5.79. The Labute approximate surface area is 184 Å². The molecule has 0 bridgehead atoms. The fourth-order valence-electron chi connectivity index (χ4n) is 2.08. The first-order chi connectivity index (χ1) is 11.5. The summed E-state index contributed by atoms with van der Waals surface area (Å²) >= 11 is 9.47. The molecule has 0 aliphatic rings. The smallest absolute Gasteiger partial charge is 0.318 e. The number of anilines is 1. The largest absolute Gasteiger partial charge is 0.480 e. The number of carbonyl (C=O) groups excluding carboxylic acids is 1. The zero-order valence-corrected chi connectivity index (χ0v) is 20.3. The van der Waals surface area contributed by atoms with Crippen molar-refractivity contribution in [1.29, 1.82) is 0 Å². The molecule has 0 aliphatic heterocycles. The Hall–Kier alpha value is 0.720. The number of aldehydes is 1. The molecule has 0 saturated heterocycles. The van der Waals surface area contributed by atoms with Gasteiger partial charge in [-0.25, -0.2) is 4.31 Å². The summed E-state index contributed by atoms with van der Waals surface area (Å²) in [6, 6.07) is 4.05. The van der Waals surface area contributed by atoms with Crippen molar-refractivity contribution < 1.29 is 14.7 Å². The standard InChI is InChI=1S/C13H11BrI2N2O3S3/c14-11-4-9(18(24-16)1-2-19)3-10-8(7-22-13(10)11)5-17(23-15)6-12(20)21/h2-4,7H,1,5-6H2,(H,20,21). The Morgan fingerprint density at radius 3 is 2.71 bits per heavy atom. The number of aliphatic carboxylic acids is 1. The van der Waals surface area contributed by atoms with Gasteiger partial charge in [0.25, 0.3) is 0 Å². The third-order valence-corrected chi connectivity index (χ3v) is 9.10. The summed E-state index contributed by atoms with van der Waals surface area (Å²) in [5.41, 5.74) is 2.01. The number of carboxylic acid groups (broad SMARTS) is 1. The monoisotopic (exact) mass is 672 g/mol. The number of benzene rings is 1. The van der Waals surface area contributed by atoms with Gasteiger partial charge in [-0.05, 0) is 48.1 Å². The number of thiophene rings is 1. The van der Waals surface area contributed by atoms with Crippen molar-refractivity contribution in [2.75, 3.05) is 17.4 Å². The SMILES string of the molecule is O=CCN(SI)c1cc(Br)c2scc(CN(CC(=O)O)SI)c2c1. The van der Waals surface area contributed by atoms with Crippen LogP contribution in [0, 0.1) is 0 Å². The summed E-state index contributed by atoms with van der Waals surface area (Å²) in [5.74, 6) is -0.848. The maximum Gasteiger partial charge on any atom is 0.318 e. The first kappa shape index (κ1) is 21.0. The van der Waals surface area contributed by atoms with E-state index in [2.05, 4.69) is 69.8 Å². The molecule has 2 aromatic rings. The Kier molecular flexibility index (Phi) is 8.90. The topological polar surface area (TPSA) is 60.9 Å². The van der Waals surface area contributed by atoms with E-state index in [1.165, 1.54) is 18.2 Å². The van der Waals surface area contributed by atoms with Gasteiger partial charge in [-0.15, -0.1) is 11.3 Å². The average molecular weight is 673 g/mol. The first-order valence-corrected chi connectivity index (χ1v) is 14.8. The van der Waals surface area contributed by atoms with Gasteiger partial charge < -0.3 is 14.2 Å². The third-order valence-electron chi connectivity index (χ3n) is 3.06. The number of hydrogen-bond acceptors (Lipinski definition) is 7. The third kappa shape index (κ3) is 5.36. The van der Waals surface area contributed by atoms with E-state index in [9.17, 15) is 9.59 Å². The van der Waals surface area contributed by atoms with Crippen LogP contribution >= 0.6 is 87.9 Å². The predicted molar refractivity (Wildman–Crippen MR) is 124 cm³/mol. The number of halogens is 3. The first-order valence-electron chi connectivity index (χ1n) is 6.45. The molecule has 0 fully saturated rings. The van der Waals surface area contributed by atoms with Crippen LogP contribution in [0.2, 0.25) is 0 Å². The number of fused-ring (bicyclic) bond motifs is 1. The van der Waals surface area contributed by atoms with E-state index in [1.54, 1.807) is 15.6 Å². The second-order valence-corrected chi connectivity index (χ2v) is 9.95. The number of rotatable bonds is 9. The lowest BCUT2D eigenvalue weighted by Gasteiger charge is -2.19. The molecule has 11 heteroatoms. The number of hydrogen-bond donors (Lipinski definition) is 1. The van der Waals surface area contributed by atoms with Crippen LogP contribution in [0.1, 0.15) is 5.56 Å². The minimum Gasteiger partial charge on any atom is -0.480 e. The highest BCUT2D eigenvalue weighted by atomic mass is 127. The maximum atomic E-state index is 11.0. The fourth-order valence-corrected chi connectivity index (χ4v) is 6.41. The molecule has 0 aliphatic carbocycles. The Morgan fingerprint density at radius 1 is 1.38 bits per heavy atom. The molecule has 0 saturated carbocycles. The van der Waals surface area contributed by atoms with Gasteiger partial charge in [0.05, 0.1) is 12.2 Å². The molecule has 1 heterocycles. The molecule has 1 N–H and O–H groups in total. The molecule has 1 aromatic heterocycles. The van der Waals surface area contributed by atoms with Gasteiger partial charge in [-0.1, -0.05) is 0 Å². The quantitative estimate of drug-likeness (QED) is 0.213. The van der Waals surface area contributed by atoms with Gasteiger partial charge in [0, 0.05) is 72.6 Å². The van der Waals surface area contributed by atoms with Crippen LogP contribution in [0.3, 0.4) is 0 Å². The van der Waals surface area contributed by atoms with Crippen LogP contribution in [0.4, 0.5) is 5.69 Å². The molecule has 5 nitrogen and oxygen atoms in total. The predicted octanol–water partition coefficient (Wildman–Crippen LogP) is 5.55. The van der Waals surface area contributed by atoms with Crippen molar-refractivity contribution in [2.45, 2.75) is 6.54 Å². The molecule has 0 spiro atoms. The summed E-state index contributed by atoms with van der Waals surface area (Å²) in [5, 5.41) is 12.1. The maximum absolute atomic E-state index is 11.0. The molecular formula is C13H11BrI2N2O3S3. The lowest BCUT2D eigenvalue weighted by Crippen LogP contribution is -2.21. The zero-order valence-electron chi connectivity index (χ0n) is 11.9. The normalized spacial score (nSPS) is 11.2. The molecule has 0 unspecified atom stereocenters. The highest BCUT2D eigenvalue weighted by Crippen LogP contribution is 2.39. The molecule has 0 amide bonds. The van der Waals surface area contributed by atoms with Crippen molar-refractivity contribution >= 4 is 116 Å². The average Bonchev–Trinajstić information content (AvgIpc) is 2.95. The number of carboxylic acids is 1. The minimum absolute atomic E-state index is 0.0212. The van der Waals surface area contributed by atoms with Crippen molar-refractivity contribution in [3.05, 3.63) is 27.5 Å². The highest BCUT2D eigenvalue weighted by Gasteiger charge is 2.16. The molecule has 2 rings (SSSR count). The summed E-state index contributed by atoms with van der Waals surface area (Å²) in [4.78, 5) is 21.8. The second-order valence-electron chi connectivity index (χ2n) is 4.62. The van der Waals surface area contributed by atoms with Gasteiger partial charge >= 0.3 is 5.97 Å². The van der Waals surface area contributed by atoms with E-state index in [0.29, 0.717) is 13.1 Å². The molecule has 0 atom stereocenters. The van der Waals surface area contributed by atoms with Crippen LogP contribution in [-0.4, -0.2) is 34.8 Å². The van der Waals surface area contributed by atoms with E-state index >= 15 is 0 Å². The van der Waals surface area contributed by atoms with Gasteiger partial charge in [0.1, 0.15) is 12.8 Å². The molecule has 0 radical (unpaired) electrons. The number of nitrogens with zero attached hydrogens (tertiary/aromatic N) is 2. The summed E-state index contributed by atoms with van der Waals surface area (Å²) in [6.45, 7) is 0.827. The van der Waals surface area contributed by atoms with Crippen molar-refractivity contribution in [3.63, 3.8) is 0 Å². The Morgan fingerprint density at radius 2 is 2.12 bits per heavy atom. The Bertz CT molecular complexity index is 747. The molecule has 1 aromatic carbocycles. The van der Waals surface area contributed by atoms with Gasteiger partial charge in [0.2, 0.25) is 0 Å². The molecule has 130 valence electrons. The number of carbonyl (C=O) groups is 2. The van der Waals surface area contributed by atoms with Crippen LogP contribution in [-0.2, 0) is 16.1 Å². The Balaban J connectivity index is 2.39. The van der Waals surface area contributed by atoms with Crippen LogP contribution in [0.15, 0.2) is 22.0 Å². The van der Waals surface area contributed by atoms with Crippen molar-refractivity contribution in [1.82, 2.24) is 4.31 Å². The van der Waals surface area contributed by atoms with Crippen molar-refractivity contribution in [3.8, 4) is 0 Å². The molecule has 24 heavy (non-hydrogen) atoms. The summed E-state index contributed by atoms with van der Waals surface area (Å²) in [7, 11) is 2.85. The fraction of sp³-hybridized carbons (Fsp3) is 0.231. The van der Waals surface area contributed by atoms with Crippen molar-refractivity contribution in [2.24, 2.45) is 0 Å². The van der Waals surface area contributed by atoms with Gasteiger partial charge in [0.15, 0.2) is 0 Å².